The molecule has 2 heterocycles. The lowest BCUT2D eigenvalue weighted by molar-refractivity contribution is -0.145. The molecule has 1 aliphatic carbocycles. The number of likely N-dealkylation sites (tertiary alicyclic amines) is 2. The molecule has 2 aliphatic heterocycles. The van der Waals surface area contributed by atoms with Crippen molar-refractivity contribution < 1.29 is 9.90 Å². The average molecular weight is 525 g/mol. The van der Waals surface area contributed by atoms with E-state index in [2.05, 4.69) is 82.6 Å². The Morgan fingerprint density at radius 2 is 1.54 bits per heavy atom. The molecule has 0 aromatic heterocycles. The van der Waals surface area contributed by atoms with E-state index >= 15 is 0 Å². The maximum Gasteiger partial charge on any atom is 0.321 e. The molecule has 3 aromatic rings. The topological polar surface area (TPSA) is 43.8 Å². The van der Waals surface area contributed by atoms with E-state index in [1.165, 1.54) is 60.4 Å². The first-order valence-electron chi connectivity index (χ1n) is 15.4. The van der Waals surface area contributed by atoms with E-state index in [0.29, 0.717) is 17.8 Å². The molecular weight excluding hydrogens is 480 g/mol. The lowest BCUT2D eigenvalue weighted by Gasteiger charge is -2.35. The molecule has 3 aromatic carbocycles. The highest BCUT2D eigenvalue weighted by atomic mass is 16.4. The second-order valence-electron chi connectivity index (χ2n) is 12.5. The van der Waals surface area contributed by atoms with Crippen molar-refractivity contribution in [1.82, 2.24) is 9.80 Å². The van der Waals surface area contributed by atoms with Gasteiger partial charge in [-0.25, -0.2) is 0 Å². The number of carbonyl (C=O) groups is 1. The van der Waals surface area contributed by atoms with Crippen LogP contribution in [0.2, 0.25) is 0 Å². The van der Waals surface area contributed by atoms with Crippen LogP contribution in [-0.4, -0.2) is 59.6 Å². The van der Waals surface area contributed by atoms with Crippen LogP contribution in [0.5, 0.6) is 0 Å². The zero-order valence-electron chi connectivity index (χ0n) is 23.3. The van der Waals surface area contributed by atoms with Crippen LogP contribution in [-0.2, 0) is 11.2 Å². The van der Waals surface area contributed by atoms with E-state index in [1.807, 2.05) is 0 Å². The van der Waals surface area contributed by atoms with Gasteiger partial charge in [0.05, 0.1) is 0 Å². The number of carboxylic acid groups (broad SMARTS) is 1. The third-order valence-corrected chi connectivity index (χ3v) is 9.98. The Hall–Kier alpha value is -2.69. The molecule has 2 saturated heterocycles. The quantitative estimate of drug-likeness (QED) is 0.350. The van der Waals surface area contributed by atoms with Crippen LogP contribution in [0.25, 0.3) is 10.8 Å². The van der Waals surface area contributed by atoms with Crippen molar-refractivity contribution in [3.05, 3.63) is 83.9 Å². The number of hydrogen-bond acceptors (Lipinski definition) is 3. The third kappa shape index (κ3) is 6.23. The molecule has 0 spiro atoms. The molecule has 0 amide bonds. The van der Waals surface area contributed by atoms with Crippen LogP contribution < -0.4 is 0 Å². The van der Waals surface area contributed by atoms with Crippen LogP contribution in [0.4, 0.5) is 0 Å². The maximum atomic E-state index is 12.5. The third-order valence-electron chi connectivity index (χ3n) is 9.98. The number of benzene rings is 3. The molecule has 3 aliphatic rings. The molecule has 0 radical (unpaired) electrons. The second-order valence-corrected chi connectivity index (χ2v) is 12.5. The first-order chi connectivity index (χ1) is 19.1. The van der Waals surface area contributed by atoms with Gasteiger partial charge in [0, 0.05) is 25.6 Å². The number of aliphatic carboxylic acids is 1. The molecule has 3 fully saturated rings. The van der Waals surface area contributed by atoms with Crippen molar-refractivity contribution in [3.63, 3.8) is 0 Å². The van der Waals surface area contributed by atoms with E-state index < -0.39 is 5.97 Å². The molecule has 1 N–H and O–H groups in total. The van der Waals surface area contributed by atoms with Gasteiger partial charge in [0.15, 0.2) is 0 Å². The predicted molar refractivity (Wildman–Crippen MR) is 159 cm³/mol. The highest BCUT2D eigenvalue weighted by molar-refractivity contribution is 5.83. The van der Waals surface area contributed by atoms with Gasteiger partial charge < -0.3 is 10.0 Å². The number of rotatable bonds is 8. The number of carboxylic acids is 1. The summed E-state index contributed by atoms with van der Waals surface area (Å²) < 4.78 is 0. The van der Waals surface area contributed by atoms with Gasteiger partial charge in [0.25, 0.3) is 0 Å². The molecule has 4 nitrogen and oxygen atoms in total. The van der Waals surface area contributed by atoms with Gasteiger partial charge in [0.1, 0.15) is 6.04 Å². The van der Waals surface area contributed by atoms with Crippen molar-refractivity contribution in [2.24, 2.45) is 17.8 Å². The van der Waals surface area contributed by atoms with Crippen LogP contribution in [0.1, 0.15) is 62.0 Å². The zero-order chi connectivity index (χ0) is 26.6. The van der Waals surface area contributed by atoms with Gasteiger partial charge >= 0.3 is 5.97 Å². The van der Waals surface area contributed by atoms with E-state index in [0.717, 1.165) is 51.5 Å². The molecule has 39 heavy (non-hydrogen) atoms. The summed E-state index contributed by atoms with van der Waals surface area (Å²) >= 11 is 0. The maximum absolute atomic E-state index is 12.5. The fraction of sp³-hybridized carbons (Fsp3) is 0.514. The molecule has 6 rings (SSSR count). The van der Waals surface area contributed by atoms with Gasteiger partial charge in [-0.15, -0.1) is 0 Å². The first-order valence-corrected chi connectivity index (χ1v) is 15.4. The predicted octanol–water partition coefficient (Wildman–Crippen LogP) is 6.84. The molecule has 0 bridgehead atoms. The number of fused-ring (bicyclic) bond motifs is 1. The summed E-state index contributed by atoms with van der Waals surface area (Å²) in [4.78, 5) is 17.6. The highest BCUT2D eigenvalue weighted by Crippen LogP contribution is 2.39. The smallest absolute Gasteiger partial charge is 0.321 e. The van der Waals surface area contributed by atoms with Crippen LogP contribution >= 0.6 is 0 Å². The summed E-state index contributed by atoms with van der Waals surface area (Å²) in [5, 5.41) is 13.0. The Morgan fingerprint density at radius 3 is 2.28 bits per heavy atom. The zero-order valence-corrected chi connectivity index (χ0v) is 23.3. The van der Waals surface area contributed by atoms with Crippen molar-refractivity contribution in [2.45, 2.75) is 63.3 Å². The summed E-state index contributed by atoms with van der Waals surface area (Å²) in [7, 11) is 0. The van der Waals surface area contributed by atoms with Crippen molar-refractivity contribution >= 4 is 16.7 Å². The molecular formula is C35H44N2O2. The minimum absolute atomic E-state index is 0.303. The van der Waals surface area contributed by atoms with Crippen molar-refractivity contribution in [1.29, 1.82) is 0 Å². The lowest BCUT2D eigenvalue weighted by atomic mass is 9.83. The molecule has 4 heteroatoms. The van der Waals surface area contributed by atoms with E-state index in [9.17, 15) is 9.90 Å². The number of hydrogen-bond donors (Lipinski definition) is 1. The average Bonchev–Trinajstić information content (AvgIpc) is 3.38. The number of nitrogens with zero attached hydrogens (tertiary/aromatic N) is 2. The Balaban J connectivity index is 1.10. The Kier molecular flexibility index (Phi) is 8.32. The Labute approximate surface area is 234 Å². The molecule has 3 atom stereocenters. The first kappa shape index (κ1) is 26.5. The summed E-state index contributed by atoms with van der Waals surface area (Å²) in [5.41, 5.74) is 2.84. The van der Waals surface area contributed by atoms with Crippen molar-refractivity contribution in [3.8, 4) is 0 Å². The van der Waals surface area contributed by atoms with E-state index in [-0.39, 0.29) is 6.04 Å². The van der Waals surface area contributed by atoms with Crippen LogP contribution in [0.15, 0.2) is 72.8 Å². The fourth-order valence-electron chi connectivity index (χ4n) is 7.90. The standard InChI is InChI=1S/C35H44N2O2/c38-35(39)34(30-12-5-2-6-13-30)37-24-32(33(25-37)29-10-3-1-4-11-29)23-36-19-17-26(18-20-36)21-27-15-16-28-9-7-8-14-31(28)22-27/h1,3-4,7-11,14-16,22,26,30,32-34H,2,5-6,12-13,17-21,23-25H2,(H,38,39)/t32-,33?,34+/m0/s1. The van der Waals surface area contributed by atoms with Crippen LogP contribution in [0, 0.1) is 17.8 Å². The monoisotopic (exact) mass is 524 g/mol. The molecule has 1 saturated carbocycles. The normalized spacial score (nSPS) is 24.7. The molecule has 1 unspecified atom stereocenters. The van der Waals surface area contributed by atoms with Gasteiger partial charge in [-0.2, -0.15) is 0 Å². The Morgan fingerprint density at radius 1 is 0.821 bits per heavy atom. The summed E-state index contributed by atoms with van der Waals surface area (Å²) in [6, 6.07) is 26.2. The van der Waals surface area contributed by atoms with Gasteiger partial charge in [0.2, 0.25) is 0 Å². The SMILES string of the molecule is O=C(O)[C@@H](C1CCCCC1)N1CC(c2ccccc2)[C@@H](CN2CCC(Cc3ccc4ccccc4c3)CC2)C1. The van der Waals surface area contributed by atoms with Crippen molar-refractivity contribution in [2.75, 3.05) is 32.7 Å². The Bertz CT molecular complexity index is 1230. The summed E-state index contributed by atoms with van der Waals surface area (Å²) in [6.45, 7) is 5.17. The summed E-state index contributed by atoms with van der Waals surface area (Å²) in [6.07, 6.45) is 9.43. The van der Waals surface area contributed by atoms with Crippen LogP contribution in [0.3, 0.4) is 0 Å². The lowest BCUT2D eigenvalue weighted by Crippen LogP contribution is -2.46. The van der Waals surface area contributed by atoms with Gasteiger partial charge in [-0.1, -0.05) is 92.1 Å². The number of piperidine rings is 1. The fourth-order valence-corrected chi connectivity index (χ4v) is 7.90. The van der Waals surface area contributed by atoms with E-state index in [4.69, 9.17) is 0 Å². The van der Waals surface area contributed by atoms with E-state index in [1.54, 1.807) is 0 Å². The minimum Gasteiger partial charge on any atom is -0.480 e. The molecule has 206 valence electrons. The van der Waals surface area contributed by atoms with Gasteiger partial charge in [-0.3, -0.25) is 9.69 Å². The summed E-state index contributed by atoms with van der Waals surface area (Å²) in [5.74, 6) is 1.33. The second kappa shape index (κ2) is 12.2. The minimum atomic E-state index is -0.608. The van der Waals surface area contributed by atoms with Gasteiger partial charge in [-0.05, 0) is 84.8 Å². The largest absolute Gasteiger partial charge is 0.480 e. The highest BCUT2D eigenvalue weighted by Gasteiger charge is 2.43.